The van der Waals surface area contributed by atoms with E-state index in [-0.39, 0.29) is 0 Å². The molecule has 0 aliphatic heterocycles. The molecule has 0 saturated carbocycles. The zero-order chi connectivity index (χ0) is 13.0. The normalized spacial score (nSPS) is 12.8. The zero-order valence-electron chi connectivity index (χ0n) is 10.7. The van der Waals surface area contributed by atoms with Gasteiger partial charge in [0.05, 0.1) is 9.98 Å². The first-order valence-corrected chi connectivity index (χ1v) is 7.81. The van der Waals surface area contributed by atoms with Gasteiger partial charge in [0.1, 0.15) is 0 Å². The van der Waals surface area contributed by atoms with E-state index in [1.54, 1.807) is 11.3 Å². The summed E-state index contributed by atoms with van der Waals surface area (Å²) in [4.78, 5) is 0. The molecular formula is C13H18BrN3S. The highest BCUT2D eigenvalue weighted by Gasteiger charge is 2.12. The molecule has 0 radical (unpaired) electrons. The Hall–Kier alpha value is -0.650. The van der Waals surface area contributed by atoms with Crippen molar-refractivity contribution in [2.24, 2.45) is 7.05 Å². The standard InChI is InChI=1S/C13H18BrN3S/c1-3-15-12(11-6-13(14)18-9-11)5-4-10-7-16-17(2)8-10/h6-9,12,15H,3-5H2,1-2H3. The second-order valence-corrected chi connectivity index (χ2v) is 6.65. The lowest BCUT2D eigenvalue weighted by atomic mass is 10.0. The minimum atomic E-state index is 0.428. The van der Waals surface area contributed by atoms with Gasteiger partial charge in [-0.2, -0.15) is 5.10 Å². The van der Waals surface area contributed by atoms with Gasteiger partial charge in [-0.05, 0) is 57.9 Å². The highest BCUT2D eigenvalue weighted by Crippen LogP contribution is 2.27. The number of thiophene rings is 1. The van der Waals surface area contributed by atoms with E-state index in [0.29, 0.717) is 6.04 Å². The maximum absolute atomic E-state index is 4.21. The van der Waals surface area contributed by atoms with E-state index in [1.165, 1.54) is 14.9 Å². The Morgan fingerprint density at radius 3 is 2.94 bits per heavy atom. The van der Waals surface area contributed by atoms with Crippen LogP contribution in [-0.4, -0.2) is 16.3 Å². The molecule has 1 unspecified atom stereocenters. The topological polar surface area (TPSA) is 29.9 Å². The number of nitrogens with one attached hydrogen (secondary N) is 1. The fourth-order valence-electron chi connectivity index (χ4n) is 2.05. The second-order valence-electron chi connectivity index (χ2n) is 4.36. The van der Waals surface area contributed by atoms with E-state index >= 15 is 0 Å². The molecular weight excluding hydrogens is 310 g/mol. The third-order valence-corrected chi connectivity index (χ3v) is 4.44. The first kappa shape index (κ1) is 13.8. The van der Waals surface area contributed by atoms with E-state index in [1.807, 2.05) is 17.9 Å². The summed E-state index contributed by atoms with van der Waals surface area (Å²) in [6.45, 7) is 3.14. The molecule has 0 saturated heterocycles. The molecule has 2 aromatic rings. The average Bonchev–Trinajstić information content (AvgIpc) is 2.94. The molecule has 1 atom stereocenters. The van der Waals surface area contributed by atoms with Crippen LogP contribution in [0.1, 0.15) is 30.5 Å². The number of rotatable bonds is 6. The zero-order valence-corrected chi connectivity index (χ0v) is 13.1. The molecule has 0 amide bonds. The SMILES string of the molecule is CCNC(CCc1cnn(C)c1)c1csc(Br)c1. The van der Waals surface area contributed by atoms with Crippen LogP contribution in [0, 0.1) is 0 Å². The van der Waals surface area contributed by atoms with Crippen molar-refractivity contribution in [2.45, 2.75) is 25.8 Å². The number of aryl methyl sites for hydroxylation is 2. The van der Waals surface area contributed by atoms with Crippen molar-refractivity contribution < 1.29 is 0 Å². The minimum absolute atomic E-state index is 0.428. The monoisotopic (exact) mass is 327 g/mol. The third kappa shape index (κ3) is 3.67. The van der Waals surface area contributed by atoms with E-state index in [9.17, 15) is 0 Å². The molecule has 1 N–H and O–H groups in total. The van der Waals surface area contributed by atoms with Crippen molar-refractivity contribution in [2.75, 3.05) is 6.54 Å². The van der Waals surface area contributed by atoms with Gasteiger partial charge in [0.15, 0.2) is 0 Å². The van der Waals surface area contributed by atoms with Crippen LogP contribution >= 0.6 is 27.3 Å². The predicted octanol–water partition coefficient (Wildman–Crippen LogP) is 3.53. The highest BCUT2D eigenvalue weighted by molar-refractivity contribution is 9.11. The van der Waals surface area contributed by atoms with Crippen LogP contribution in [0.2, 0.25) is 0 Å². The lowest BCUT2D eigenvalue weighted by Crippen LogP contribution is -2.20. The van der Waals surface area contributed by atoms with Gasteiger partial charge in [0, 0.05) is 19.3 Å². The Morgan fingerprint density at radius 2 is 2.39 bits per heavy atom. The summed E-state index contributed by atoms with van der Waals surface area (Å²) in [7, 11) is 1.96. The molecule has 5 heteroatoms. The lowest BCUT2D eigenvalue weighted by Gasteiger charge is -2.16. The quantitative estimate of drug-likeness (QED) is 0.879. The average molecular weight is 328 g/mol. The van der Waals surface area contributed by atoms with Crippen LogP contribution < -0.4 is 5.32 Å². The molecule has 0 fully saturated rings. The van der Waals surface area contributed by atoms with Crippen molar-refractivity contribution >= 4 is 27.3 Å². The van der Waals surface area contributed by atoms with Crippen LogP contribution in [0.15, 0.2) is 27.6 Å². The summed E-state index contributed by atoms with van der Waals surface area (Å²) in [6, 6.07) is 2.64. The van der Waals surface area contributed by atoms with Gasteiger partial charge in [-0.3, -0.25) is 4.68 Å². The largest absolute Gasteiger partial charge is 0.310 e. The Balaban J connectivity index is 1.98. The third-order valence-electron chi connectivity index (χ3n) is 2.92. The number of halogens is 1. The summed E-state index contributed by atoms with van der Waals surface area (Å²) < 4.78 is 3.06. The number of hydrogen-bond acceptors (Lipinski definition) is 3. The summed E-state index contributed by atoms with van der Waals surface area (Å²) in [5.74, 6) is 0. The Morgan fingerprint density at radius 1 is 1.56 bits per heavy atom. The molecule has 0 aliphatic carbocycles. The predicted molar refractivity (Wildman–Crippen MR) is 80.0 cm³/mol. The number of nitrogens with zero attached hydrogens (tertiary/aromatic N) is 2. The molecule has 0 spiro atoms. The van der Waals surface area contributed by atoms with E-state index < -0.39 is 0 Å². The molecule has 0 aromatic carbocycles. The van der Waals surface area contributed by atoms with Gasteiger partial charge in [0.2, 0.25) is 0 Å². The van der Waals surface area contributed by atoms with Crippen molar-refractivity contribution in [3.05, 3.63) is 38.8 Å². The molecule has 2 aromatic heterocycles. The molecule has 0 bridgehead atoms. The van der Waals surface area contributed by atoms with Gasteiger partial charge in [-0.1, -0.05) is 6.92 Å². The van der Waals surface area contributed by atoms with Crippen LogP contribution in [0.25, 0.3) is 0 Å². The van der Waals surface area contributed by atoms with E-state index in [0.717, 1.165) is 19.4 Å². The van der Waals surface area contributed by atoms with Crippen molar-refractivity contribution in [1.29, 1.82) is 0 Å². The summed E-state index contributed by atoms with van der Waals surface area (Å²) in [5, 5.41) is 9.98. The molecule has 2 heterocycles. The molecule has 0 aliphatic rings. The van der Waals surface area contributed by atoms with Crippen molar-refractivity contribution in [3.63, 3.8) is 0 Å². The Kier molecular flexibility index (Phi) is 4.97. The van der Waals surface area contributed by atoms with Gasteiger partial charge in [-0.25, -0.2) is 0 Å². The molecule has 2 rings (SSSR count). The van der Waals surface area contributed by atoms with Crippen molar-refractivity contribution in [1.82, 2.24) is 15.1 Å². The van der Waals surface area contributed by atoms with Crippen LogP contribution in [0.3, 0.4) is 0 Å². The highest BCUT2D eigenvalue weighted by atomic mass is 79.9. The smallest absolute Gasteiger partial charge is 0.0701 e. The molecule has 18 heavy (non-hydrogen) atoms. The van der Waals surface area contributed by atoms with E-state index in [4.69, 9.17) is 0 Å². The van der Waals surface area contributed by atoms with Gasteiger partial charge in [0.25, 0.3) is 0 Å². The van der Waals surface area contributed by atoms with E-state index in [2.05, 4.69) is 50.9 Å². The van der Waals surface area contributed by atoms with Gasteiger partial charge < -0.3 is 5.32 Å². The van der Waals surface area contributed by atoms with Gasteiger partial charge in [-0.15, -0.1) is 11.3 Å². The Labute approximate surface area is 120 Å². The number of hydrogen-bond donors (Lipinski definition) is 1. The van der Waals surface area contributed by atoms with Gasteiger partial charge >= 0.3 is 0 Å². The maximum Gasteiger partial charge on any atom is 0.0701 e. The van der Waals surface area contributed by atoms with Crippen LogP contribution in [0.5, 0.6) is 0 Å². The first-order chi connectivity index (χ1) is 8.69. The minimum Gasteiger partial charge on any atom is -0.310 e. The summed E-state index contributed by atoms with van der Waals surface area (Å²) in [5.41, 5.74) is 2.67. The Bertz CT molecular complexity index is 492. The van der Waals surface area contributed by atoms with Crippen molar-refractivity contribution in [3.8, 4) is 0 Å². The second kappa shape index (κ2) is 6.50. The first-order valence-electron chi connectivity index (χ1n) is 6.14. The fraction of sp³-hybridized carbons (Fsp3) is 0.462. The fourth-order valence-corrected chi connectivity index (χ4v) is 3.28. The van der Waals surface area contributed by atoms with Crippen LogP contribution in [-0.2, 0) is 13.5 Å². The summed E-state index contributed by atoms with van der Waals surface area (Å²) >= 11 is 5.27. The molecule has 3 nitrogen and oxygen atoms in total. The number of aromatic nitrogens is 2. The maximum atomic E-state index is 4.21. The molecule has 98 valence electrons. The summed E-state index contributed by atoms with van der Waals surface area (Å²) in [6.07, 6.45) is 6.20. The lowest BCUT2D eigenvalue weighted by molar-refractivity contribution is 0.516. The van der Waals surface area contributed by atoms with Crippen LogP contribution in [0.4, 0.5) is 0 Å².